The van der Waals surface area contributed by atoms with E-state index in [4.69, 9.17) is 9.47 Å². The molecular formula is C24H29N3O4S. The van der Waals surface area contributed by atoms with E-state index in [1.54, 1.807) is 44.2 Å². The first-order valence-electron chi connectivity index (χ1n) is 10.6. The lowest BCUT2D eigenvalue weighted by atomic mass is 9.79. The number of carbonyl (C=O) groups excluding carboxylic acids is 2. The Morgan fingerprint density at radius 3 is 2.75 bits per heavy atom. The lowest BCUT2D eigenvalue weighted by Gasteiger charge is -2.29. The highest BCUT2D eigenvalue weighted by Crippen LogP contribution is 2.48. The molecule has 3 N–H and O–H groups in total. The molecule has 2 aliphatic heterocycles. The standard InChI is InChI=1S/C24H29N3O4S/c1-14-5-7-19-17(11-14)24(23(29)26-19)18(12-15(27-24)9-10-32-4)22(28)25-20-13-16(30-2)6-8-21(20)31-3/h5-8,11,13,15,18,27H,9-10,12H2,1-4H3,(H,25,28)(H,26,29)/t15-,18+,24-/m0/s1. The van der Waals surface area contributed by atoms with Crippen molar-refractivity contribution in [2.24, 2.45) is 5.92 Å². The molecule has 1 saturated heterocycles. The highest BCUT2D eigenvalue weighted by atomic mass is 32.2. The third kappa shape index (κ3) is 3.82. The molecule has 2 heterocycles. The molecular weight excluding hydrogens is 426 g/mol. The number of anilines is 2. The predicted octanol–water partition coefficient (Wildman–Crippen LogP) is 3.53. The van der Waals surface area contributed by atoms with Crippen LogP contribution in [0.15, 0.2) is 36.4 Å². The number of carbonyl (C=O) groups is 2. The molecule has 4 rings (SSSR count). The smallest absolute Gasteiger partial charge is 0.250 e. The van der Waals surface area contributed by atoms with Gasteiger partial charge in [-0.15, -0.1) is 0 Å². The molecule has 32 heavy (non-hydrogen) atoms. The molecule has 0 saturated carbocycles. The van der Waals surface area contributed by atoms with Crippen molar-refractivity contribution in [1.82, 2.24) is 5.32 Å². The van der Waals surface area contributed by atoms with Gasteiger partial charge in [-0.05, 0) is 50.0 Å². The molecule has 1 fully saturated rings. The van der Waals surface area contributed by atoms with Crippen molar-refractivity contribution < 1.29 is 19.1 Å². The van der Waals surface area contributed by atoms with Crippen LogP contribution >= 0.6 is 11.8 Å². The van der Waals surface area contributed by atoms with Crippen LogP contribution in [0, 0.1) is 12.8 Å². The number of amides is 2. The average molecular weight is 456 g/mol. The van der Waals surface area contributed by atoms with Crippen LogP contribution in [0.5, 0.6) is 11.5 Å². The summed E-state index contributed by atoms with van der Waals surface area (Å²) in [5.41, 5.74) is 2.06. The second-order valence-corrected chi connectivity index (χ2v) is 9.26. The second kappa shape index (κ2) is 9.03. The normalized spacial score (nSPS) is 23.7. The van der Waals surface area contributed by atoms with Gasteiger partial charge in [0.05, 0.1) is 25.8 Å². The summed E-state index contributed by atoms with van der Waals surface area (Å²) in [5.74, 6) is 1.12. The van der Waals surface area contributed by atoms with E-state index in [9.17, 15) is 9.59 Å². The van der Waals surface area contributed by atoms with Crippen LogP contribution in [-0.4, -0.2) is 44.1 Å². The number of ether oxygens (including phenoxy) is 2. The van der Waals surface area contributed by atoms with Crippen LogP contribution in [0.2, 0.25) is 0 Å². The van der Waals surface area contributed by atoms with Gasteiger partial charge in [0.1, 0.15) is 17.0 Å². The van der Waals surface area contributed by atoms with Gasteiger partial charge in [-0.25, -0.2) is 0 Å². The zero-order valence-electron chi connectivity index (χ0n) is 18.8. The van der Waals surface area contributed by atoms with Gasteiger partial charge in [0.25, 0.3) is 0 Å². The summed E-state index contributed by atoms with van der Waals surface area (Å²) in [5, 5.41) is 9.56. The van der Waals surface area contributed by atoms with Gasteiger partial charge in [0, 0.05) is 23.4 Å². The molecule has 0 radical (unpaired) electrons. The Morgan fingerprint density at radius 2 is 2.03 bits per heavy atom. The Labute approximate surface area is 192 Å². The molecule has 0 aliphatic carbocycles. The number of thioether (sulfide) groups is 1. The number of hydrogen-bond acceptors (Lipinski definition) is 6. The Hall–Kier alpha value is -2.71. The van der Waals surface area contributed by atoms with E-state index in [2.05, 4.69) is 22.2 Å². The van der Waals surface area contributed by atoms with Gasteiger partial charge in [-0.2, -0.15) is 11.8 Å². The fraction of sp³-hybridized carbons (Fsp3) is 0.417. The highest BCUT2D eigenvalue weighted by Gasteiger charge is 2.60. The summed E-state index contributed by atoms with van der Waals surface area (Å²) >= 11 is 1.76. The summed E-state index contributed by atoms with van der Waals surface area (Å²) in [6, 6.07) is 11.2. The van der Waals surface area contributed by atoms with Crippen molar-refractivity contribution in [2.45, 2.75) is 31.3 Å². The van der Waals surface area contributed by atoms with Crippen LogP contribution in [0.4, 0.5) is 11.4 Å². The zero-order chi connectivity index (χ0) is 22.9. The van der Waals surface area contributed by atoms with E-state index in [0.717, 1.165) is 29.0 Å². The van der Waals surface area contributed by atoms with Crippen molar-refractivity contribution in [3.8, 4) is 11.5 Å². The maximum Gasteiger partial charge on any atom is 0.250 e. The van der Waals surface area contributed by atoms with Crippen molar-refractivity contribution in [1.29, 1.82) is 0 Å². The quantitative estimate of drug-likeness (QED) is 0.592. The van der Waals surface area contributed by atoms with E-state index in [-0.39, 0.29) is 17.9 Å². The van der Waals surface area contributed by atoms with Gasteiger partial charge >= 0.3 is 0 Å². The first kappa shape index (κ1) is 22.5. The number of methoxy groups -OCH3 is 2. The van der Waals surface area contributed by atoms with Crippen molar-refractivity contribution in [2.75, 3.05) is 36.9 Å². The van der Waals surface area contributed by atoms with Crippen LogP contribution in [0.25, 0.3) is 0 Å². The van der Waals surface area contributed by atoms with Crippen molar-refractivity contribution >= 4 is 35.0 Å². The molecule has 2 aliphatic rings. The Morgan fingerprint density at radius 1 is 1.22 bits per heavy atom. The van der Waals surface area contributed by atoms with Crippen LogP contribution in [0.1, 0.15) is 24.0 Å². The Bertz CT molecular complexity index is 1040. The monoisotopic (exact) mass is 455 g/mol. The largest absolute Gasteiger partial charge is 0.497 e. The maximum absolute atomic E-state index is 13.7. The molecule has 7 nitrogen and oxygen atoms in total. The van der Waals surface area contributed by atoms with Crippen molar-refractivity contribution in [3.05, 3.63) is 47.5 Å². The third-order valence-electron chi connectivity index (χ3n) is 6.33. The molecule has 0 unspecified atom stereocenters. The first-order valence-corrected chi connectivity index (χ1v) is 12.0. The van der Waals surface area contributed by atoms with E-state index >= 15 is 0 Å². The average Bonchev–Trinajstić information content (AvgIpc) is 3.31. The molecule has 1 spiro atoms. The Kier molecular flexibility index (Phi) is 6.35. The minimum absolute atomic E-state index is 0.0580. The minimum atomic E-state index is -1.10. The fourth-order valence-corrected chi connectivity index (χ4v) is 5.27. The van der Waals surface area contributed by atoms with Gasteiger partial charge in [-0.3, -0.25) is 14.9 Å². The number of aryl methyl sites for hydroxylation is 1. The number of fused-ring (bicyclic) bond motifs is 2. The van der Waals surface area contributed by atoms with Gasteiger partial charge < -0.3 is 20.1 Å². The molecule has 2 amide bonds. The lowest BCUT2D eigenvalue weighted by Crippen LogP contribution is -2.52. The van der Waals surface area contributed by atoms with Gasteiger partial charge in [0.2, 0.25) is 11.8 Å². The zero-order valence-corrected chi connectivity index (χ0v) is 19.6. The summed E-state index contributed by atoms with van der Waals surface area (Å²) in [4.78, 5) is 27.0. The molecule has 0 aromatic heterocycles. The lowest BCUT2D eigenvalue weighted by molar-refractivity contribution is -0.130. The molecule has 8 heteroatoms. The van der Waals surface area contributed by atoms with E-state index < -0.39 is 11.5 Å². The molecule has 170 valence electrons. The van der Waals surface area contributed by atoms with E-state index in [1.807, 2.05) is 25.1 Å². The number of benzene rings is 2. The Balaban J connectivity index is 1.72. The van der Waals surface area contributed by atoms with E-state index in [1.165, 1.54) is 0 Å². The van der Waals surface area contributed by atoms with E-state index in [0.29, 0.717) is 23.6 Å². The summed E-state index contributed by atoms with van der Waals surface area (Å²) in [7, 11) is 3.12. The number of hydrogen-bond donors (Lipinski definition) is 3. The fourth-order valence-electron chi connectivity index (χ4n) is 4.75. The maximum atomic E-state index is 13.7. The van der Waals surface area contributed by atoms with Gasteiger partial charge in [-0.1, -0.05) is 17.7 Å². The molecule has 2 aromatic rings. The highest BCUT2D eigenvalue weighted by molar-refractivity contribution is 7.98. The molecule has 0 bridgehead atoms. The molecule has 2 aromatic carbocycles. The predicted molar refractivity (Wildman–Crippen MR) is 128 cm³/mol. The van der Waals surface area contributed by atoms with Crippen molar-refractivity contribution in [3.63, 3.8) is 0 Å². The minimum Gasteiger partial charge on any atom is -0.497 e. The van der Waals surface area contributed by atoms with Crippen LogP contribution < -0.4 is 25.4 Å². The second-order valence-electron chi connectivity index (χ2n) is 8.28. The van der Waals surface area contributed by atoms with Crippen LogP contribution in [0.3, 0.4) is 0 Å². The third-order valence-corrected chi connectivity index (χ3v) is 6.98. The van der Waals surface area contributed by atoms with Crippen LogP contribution in [-0.2, 0) is 15.1 Å². The SMILES string of the molecule is COc1ccc(OC)c(NC(=O)[C@H]2C[C@H](CCSC)N[C@]23C(=O)Nc2ccc(C)cc23)c1. The van der Waals surface area contributed by atoms with Gasteiger partial charge in [0.15, 0.2) is 0 Å². The molecule has 3 atom stereocenters. The number of nitrogens with one attached hydrogen (secondary N) is 3. The summed E-state index contributed by atoms with van der Waals surface area (Å²) in [6.45, 7) is 1.99. The summed E-state index contributed by atoms with van der Waals surface area (Å²) < 4.78 is 10.7. The first-order chi connectivity index (χ1) is 15.4. The topological polar surface area (TPSA) is 88.7 Å². The number of rotatable bonds is 7. The summed E-state index contributed by atoms with van der Waals surface area (Å²) in [6.07, 6.45) is 3.51.